The fourth-order valence-corrected chi connectivity index (χ4v) is 3.88. The lowest BCUT2D eigenvalue weighted by atomic mass is 9.99. The van der Waals surface area contributed by atoms with Crippen LogP contribution in [-0.4, -0.2) is 38.1 Å². The van der Waals surface area contributed by atoms with Gasteiger partial charge in [0.2, 0.25) is 15.9 Å². The van der Waals surface area contributed by atoms with Crippen molar-refractivity contribution in [2.75, 3.05) is 13.1 Å². The molecule has 1 atom stereocenters. The van der Waals surface area contributed by atoms with E-state index in [1.165, 1.54) is 0 Å². The molecule has 1 aromatic rings. The molecule has 1 saturated heterocycles. The van der Waals surface area contributed by atoms with Gasteiger partial charge < -0.3 is 10.5 Å². The Morgan fingerprint density at radius 3 is 2.39 bits per heavy atom. The summed E-state index contributed by atoms with van der Waals surface area (Å²) in [6.07, 6.45) is -3.84. The Morgan fingerprint density at radius 1 is 1.26 bits per heavy atom. The van der Waals surface area contributed by atoms with Crippen molar-refractivity contribution in [2.24, 2.45) is 11.7 Å². The first-order valence-electron chi connectivity index (χ1n) is 6.75. The van der Waals surface area contributed by atoms with Gasteiger partial charge in [0.15, 0.2) is 0 Å². The van der Waals surface area contributed by atoms with Gasteiger partial charge in [0.25, 0.3) is 0 Å². The molecule has 0 bridgehead atoms. The van der Waals surface area contributed by atoms with E-state index in [2.05, 4.69) is 4.74 Å². The summed E-state index contributed by atoms with van der Waals surface area (Å²) in [4.78, 5) is 11.0. The molecule has 1 fully saturated rings. The first-order chi connectivity index (χ1) is 10.6. The molecule has 1 aliphatic heterocycles. The SMILES string of the molecule is NC(=O)[C@H]1CCCN(S(=O)(=O)c2ccc(OC(F)(F)F)cc2)C1. The van der Waals surface area contributed by atoms with Crippen molar-refractivity contribution in [3.8, 4) is 5.75 Å². The number of alkyl halides is 3. The van der Waals surface area contributed by atoms with E-state index in [1.807, 2.05) is 0 Å². The van der Waals surface area contributed by atoms with Crippen LogP contribution in [0.1, 0.15) is 12.8 Å². The van der Waals surface area contributed by atoms with E-state index in [-0.39, 0.29) is 18.0 Å². The molecule has 0 aliphatic carbocycles. The van der Waals surface area contributed by atoms with Crippen LogP contribution in [0.4, 0.5) is 13.2 Å². The van der Waals surface area contributed by atoms with Crippen molar-refractivity contribution in [2.45, 2.75) is 24.1 Å². The molecule has 23 heavy (non-hydrogen) atoms. The highest BCUT2D eigenvalue weighted by atomic mass is 32.2. The monoisotopic (exact) mass is 352 g/mol. The molecule has 1 aromatic carbocycles. The van der Waals surface area contributed by atoms with Gasteiger partial charge in [0.05, 0.1) is 10.8 Å². The molecule has 0 unspecified atom stereocenters. The second-order valence-electron chi connectivity index (χ2n) is 5.12. The van der Waals surface area contributed by atoms with Crippen LogP contribution in [0.2, 0.25) is 0 Å². The van der Waals surface area contributed by atoms with Crippen molar-refractivity contribution in [1.29, 1.82) is 0 Å². The van der Waals surface area contributed by atoms with Gasteiger partial charge in [-0.1, -0.05) is 0 Å². The van der Waals surface area contributed by atoms with E-state index in [4.69, 9.17) is 5.73 Å². The molecular weight excluding hydrogens is 337 g/mol. The van der Waals surface area contributed by atoms with E-state index >= 15 is 0 Å². The summed E-state index contributed by atoms with van der Waals surface area (Å²) in [5.74, 6) is -1.64. The number of carbonyl (C=O) groups is 1. The zero-order chi connectivity index (χ0) is 17.3. The van der Waals surface area contributed by atoms with Crippen LogP contribution in [0.5, 0.6) is 5.75 Å². The lowest BCUT2D eigenvalue weighted by Crippen LogP contribution is -2.44. The highest BCUT2D eigenvalue weighted by Crippen LogP contribution is 2.27. The van der Waals surface area contributed by atoms with Gasteiger partial charge >= 0.3 is 6.36 Å². The van der Waals surface area contributed by atoms with Crippen molar-refractivity contribution in [1.82, 2.24) is 4.31 Å². The fraction of sp³-hybridized carbons (Fsp3) is 0.462. The number of primary amides is 1. The minimum absolute atomic E-state index is 0.0293. The third-order valence-electron chi connectivity index (χ3n) is 3.48. The standard InChI is InChI=1S/C13H15F3N2O4S/c14-13(15,16)22-10-3-5-11(6-4-10)23(20,21)18-7-1-2-9(8-18)12(17)19/h3-6,9H,1-2,7-8H2,(H2,17,19)/t9-/m0/s1. The average molecular weight is 352 g/mol. The molecule has 2 rings (SSSR count). The topological polar surface area (TPSA) is 89.7 Å². The van der Waals surface area contributed by atoms with Gasteiger partial charge in [-0.15, -0.1) is 13.2 Å². The van der Waals surface area contributed by atoms with E-state index in [1.54, 1.807) is 0 Å². The van der Waals surface area contributed by atoms with E-state index < -0.39 is 34.0 Å². The number of carbonyl (C=O) groups excluding carboxylic acids is 1. The molecule has 0 saturated carbocycles. The van der Waals surface area contributed by atoms with E-state index in [9.17, 15) is 26.4 Å². The number of sulfonamides is 1. The summed E-state index contributed by atoms with van der Waals surface area (Å²) in [5.41, 5.74) is 5.21. The molecule has 0 spiro atoms. The van der Waals surface area contributed by atoms with Crippen LogP contribution in [0.15, 0.2) is 29.2 Å². The second kappa shape index (κ2) is 6.36. The van der Waals surface area contributed by atoms with Crippen molar-refractivity contribution in [3.63, 3.8) is 0 Å². The van der Waals surface area contributed by atoms with Crippen molar-refractivity contribution >= 4 is 15.9 Å². The smallest absolute Gasteiger partial charge is 0.406 e. The lowest BCUT2D eigenvalue weighted by Gasteiger charge is -2.30. The molecule has 0 radical (unpaired) electrons. The Kier molecular flexibility index (Phi) is 4.85. The molecule has 128 valence electrons. The number of hydrogen-bond acceptors (Lipinski definition) is 4. The maximum atomic E-state index is 12.5. The maximum Gasteiger partial charge on any atom is 0.573 e. The van der Waals surface area contributed by atoms with Crippen LogP contribution in [0.25, 0.3) is 0 Å². The number of nitrogens with zero attached hydrogens (tertiary/aromatic N) is 1. The molecule has 0 aromatic heterocycles. The number of ether oxygens (including phenoxy) is 1. The first kappa shape index (κ1) is 17.5. The zero-order valence-corrected chi connectivity index (χ0v) is 12.7. The molecule has 1 amide bonds. The van der Waals surface area contributed by atoms with Crippen molar-refractivity contribution < 1.29 is 31.1 Å². The molecule has 6 nitrogen and oxygen atoms in total. The number of benzene rings is 1. The molecule has 10 heteroatoms. The highest BCUT2D eigenvalue weighted by molar-refractivity contribution is 7.89. The van der Waals surface area contributed by atoms with Crippen LogP contribution < -0.4 is 10.5 Å². The number of rotatable bonds is 4. The minimum Gasteiger partial charge on any atom is -0.406 e. The summed E-state index contributed by atoms with van der Waals surface area (Å²) in [6.45, 7) is 0.200. The number of nitrogens with two attached hydrogens (primary N) is 1. The average Bonchev–Trinajstić information content (AvgIpc) is 2.46. The summed E-state index contributed by atoms with van der Waals surface area (Å²) in [5, 5.41) is 0. The third-order valence-corrected chi connectivity index (χ3v) is 5.36. The fourth-order valence-electron chi connectivity index (χ4n) is 2.36. The number of piperidine rings is 1. The summed E-state index contributed by atoms with van der Waals surface area (Å²) >= 11 is 0. The van der Waals surface area contributed by atoms with Crippen LogP contribution >= 0.6 is 0 Å². The summed E-state index contributed by atoms with van der Waals surface area (Å²) in [6, 6.07) is 3.92. The third kappa shape index (κ3) is 4.35. The van der Waals surface area contributed by atoms with Gasteiger partial charge in [-0.3, -0.25) is 4.79 Å². The molecular formula is C13H15F3N2O4S. The quantitative estimate of drug-likeness (QED) is 0.889. The Labute approximate surface area is 131 Å². The van der Waals surface area contributed by atoms with E-state index in [0.29, 0.717) is 12.8 Å². The Balaban J connectivity index is 2.17. The number of amides is 1. The first-order valence-corrected chi connectivity index (χ1v) is 8.19. The predicted molar refractivity (Wildman–Crippen MR) is 73.8 cm³/mol. The van der Waals surface area contributed by atoms with Crippen LogP contribution in [-0.2, 0) is 14.8 Å². The Morgan fingerprint density at radius 2 is 1.87 bits per heavy atom. The van der Waals surface area contributed by atoms with Gasteiger partial charge in [-0.2, -0.15) is 4.31 Å². The summed E-state index contributed by atoms with van der Waals surface area (Å²) < 4.78 is 66.0. The van der Waals surface area contributed by atoms with Crippen molar-refractivity contribution in [3.05, 3.63) is 24.3 Å². The maximum absolute atomic E-state index is 12.5. The number of halogens is 3. The van der Waals surface area contributed by atoms with Gasteiger partial charge in [0, 0.05) is 13.1 Å². The molecule has 1 heterocycles. The Bertz CT molecular complexity index is 673. The van der Waals surface area contributed by atoms with Crippen LogP contribution in [0.3, 0.4) is 0 Å². The molecule has 1 aliphatic rings. The normalized spacial score (nSPS) is 20.2. The number of hydrogen-bond donors (Lipinski definition) is 1. The van der Waals surface area contributed by atoms with Gasteiger partial charge in [-0.25, -0.2) is 8.42 Å². The Hall–Kier alpha value is -1.81. The lowest BCUT2D eigenvalue weighted by molar-refractivity contribution is -0.274. The van der Waals surface area contributed by atoms with Gasteiger partial charge in [-0.05, 0) is 37.1 Å². The minimum atomic E-state index is -4.85. The summed E-state index contributed by atoms with van der Waals surface area (Å²) in [7, 11) is -3.90. The van der Waals surface area contributed by atoms with Gasteiger partial charge in [0.1, 0.15) is 5.75 Å². The predicted octanol–water partition coefficient (Wildman–Crippen LogP) is 1.47. The molecule has 2 N–H and O–H groups in total. The highest BCUT2D eigenvalue weighted by Gasteiger charge is 2.33. The second-order valence-corrected chi connectivity index (χ2v) is 7.06. The van der Waals surface area contributed by atoms with Crippen LogP contribution in [0, 0.1) is 5.92 Å². The van der Waals surface area contributed by atoms with E-state index in [0.717, 1.165) is 28.6 Å². The zero-order valence-electron chi connectivity index (χ0n) is 11.9. The largest absolute Gasteiger partial charge is 0.573 e.